The Kier molecular flexibility index (Phi) is 2.78. The quantitative estimate of drug-likeness (QED) is 0.827. The summed E-state index contributed by atoms with van der Waals surface area (Å²) in [5, 5.41) is 3.17. The first-order valence-corrected chi connectivity index (χ1v) is 4.54. The molecule has 0 atom stereocenters. The Labute approximate surface area is 88.0 Å². The predicted octanol–water partition coefficient (Wildman–Crippen LogP) is 2.23. The van der Waals surface area contributed by atoms with Crippen molar-refractivity contribution in [1.29, 1.82) is 0 Å². The highest BCUT2D eigenvalue weighted by Crippen LogP contribution is 2.18. The van der Waals surface area contributed by atoms with Gasteiger partial charge in [-0.2, -0.15) is 0 Å². The maximum absolute atomic E-state index is 5.07. The minimum atomic E-state index is 0.838. The molecule has 1 heterocycles. The van der Waals surface area contributed by atoms with E-state index in [2.05, 4.69) is 15.3 Å². The number of nitrogens with zero attached hydrogens (tertiary/aromatic N) is 2. The van der Waals surface area contributed by atoms with E-state index in [4.69, 9.17) is 4.74 Å². The molecule has 15 heavy (non-hydrogen) atoms. The molecule has 0 saturated carbocycles. The number of ether oxygens (including phenoxy) is 1. The standard InChI is InChI=1S/C11H11N3O/c1-15-11-4-2-9(3-5-11)14-10-6-12-8-13-7-10/h2-8,14H,1H3. The Morgan fingerprint density at radius 2 is 1.67 bits per heavy atom. The van der Waals surface area contributed by atoms with Crippen LogP contribution in [0, 0.1) is 0 Å². The van der Waals surface area contributed by atoms with E-state index < -0.39 is 0 Å². The zero-order chi connectivity index (χ0) is 10.5. The van der Waals surface area contributed by atoms with Crippen molar-refractivity contribution >= 4 is 11.4 Å². The van der Waals surface area contributed by atoms with Gasteiger partial charge >= 0.3 is 0 Å². The summed E-state index contributed by atoms with van der Waals surface area (Å²) in [6.07, 6.45) is 4.94. The van der Waals surface area contributed by atoms with Crippen LogP contribution < -0.4 is 10.1 Å². The number of anilines is 2. The first-order chi connectivity index (χ1) is 7.38. The van der Waals surface area contributed by atoms with Crippen LogP contribution in [0.3, 0.4) is 0 Å². The number of benzene rings is 1. The van der Waals surface area contributed by atoms with E-state index in [1.54, 1.807) is 19.5 Å². The van der Waals surface area contributed by atoms with Gasteiger partial charge in [0.25, 0.3) is 0 Å². The lowest BCUT2D eigenvalue weighted by molar-refractivity contribution is 0.415. The van der Waals surface area contributed by atoms with Gasteiger partial charge in [0.1, 0.15) is 12.1 Å². The number of hydrogen-bond acceptors (Lipinski definition) is 4. The minimum Gasteiger partial charge on any atom is -0.497 e. The molecule has 2 rings (SSSR count). The molecule has 2 aromatic rings. The second-order valence-electron chi connectivity index (χ2n) is 2.98. The third-order valence-electron chi connectivity index (χ3n) is 1.94. The zero-order valence-electron chi connectivity index (χ0n) is 8.34. The van der Waals surface area contributed by atoms with Crippen LogP contribution in [0.25, 0.3) is 0 Å². The molecule has 0 saturated heterocycles. The lowest BCUT2D eigenvalue weighted by Gasteiger charge is -2.05. The summed E-state index contributed by atoms with van der Waals surface area (Å²) in [5.41, 5.74) is 1.84. The highest BCUT2D eigenvalue weighted by molar-refractivity contribution is 5.58. The molecule has 0 aliphatic carbocycles. The molecule has 0 aliphatic rings. The van der Waals surface area contributed by atoms with E-state index in [9.17, 15) is 0 Å². The van der Waals surface area contributed by atoms with Crippen molar-refractivity contribution in [3.63, 3.8) is 0 Å². The third-order valence-corrected chi connectivity index (χ3v) is 1.94. The van der Waals surface area contributed by atoms with Gasteiger partial charge in [0.15, 0.2) is 0 Å². The van der Waals surface area contributed by atoms with Crippen LogP contribution in [0.2, 0.25) is 0 Å². The number of hydrogen-bond donors (Lipinski definition) is 1. The lowest BCUT2D eigenvalue weighted by atomic mass is 10.3. The van der Waals surface area contributed by atoms with Gasteiger partial charge in [0.2, 0.25) is 0 Å². The summed E-state index contributed by atoms with van der Waals surface area (Å²) in [5.74, 6) is 0.838. The number of rotatable bonds is 3. The molecule has 1 aromatic heterocycles. The van der Waals surface area contributed by atoms with Gasteiger partial charge in [-0.15, -0.1) is 0 Å². The van der Waals surface area contributed by atoms with Crippen LogP contribution in [0.4, 0.5) is 11.4 Å². The van der Waals surface area contributed by atoms with E-state index in [0.29, 0.717) is 0 Å². The average molecular weight is 201 g/mol. The summed E-state index contributed by atoms with van der Waals surface area (Å²) in [4.78, 5) is 7.83. The molecule has 76 valence electrons. The Bertz CT molecular complexity index is 414. The summed E-state index contributed by atoms with van der Waals surface area (Å²) in [7, 11) is 1.65. The normalized spacial score (nSPS) is 9.67. The first-order valence-electron chi connectivity index (χ1n) is 4.54. The van der Waals surface area contributed by atoms with Crippen molar-refractivity contribution in [2.75, 3.05) is 12.4 Å². The monoisotopic (exact) mass is 201 g/mol. The summed E-state index contributed by atoms with van der Waals surface area (Å²) < 4.78 is 5.07. The van der Waals surface area contributed by atoms with Crippen LogP contribution in [0.5, 0.6) is 5.75 Å². The molecule has 4 heteroatoms. The van der Waals surface area contributed by atoms with Crippen LogP contribution in [-0.2, 0) is 0 Å². The smallest absolute Gasteiger partial charge is 0.119 e. The summed E-state index contributed by atoms with van der Waals surface area (Å²) in [6, 6.07) is 7.66. The van der Waals surface area contributed by atoms with Gasteiger partial charge in [-0.25, -0.2) is 9.97 Å². The highest BCUT2D eigenvalue weighted by Gasteiger charge is 1.95. The third kappa shape index (κ3) is 2.43. The second-order valence-corrected chi connectivity index (χ2v) is 2.98. The molecule has 0 unspecified atom stereocenters. The molecular formula is C11H11N3O. The lowest BCUT2D eigenvalue weighted by Crippen LogP contribution is -1.91. The Hall–Kier alpha value is -2.10. The van der Waals surface area contributed by atoms with Crippen molar-refractivity contribution < 1.29 is 4.74 Å². The molecular weight excluding hydrogens is 190 g/mol. The summed E-state index contributed by atoms with van der Waals surface area (Å²) >= 11 is 0. The van der Waals surface area contributed by atoms with Crippen molar-refractivity contribution in [3.8, 4) is 5.75 Å². The van der Waals surface area contributed by atoms with Crippen molar-refractivity contribution in [3.05, 3.63) is 43.0 Å². The van der Waals surface area contributed by atoms with Crippen molar-refractivity contribution in [2.45, 2.75) is 0 Å². The predicted molar refractivity (Wildman–Crippen MR) is 58.3 cm³/mol. The maximum atomic E-state index is 5.07. The SMILES string of the molecule is COc1ccc(Nc2cncnc2)cc1. The van der Waals surface area contributed by atoms with Gasteiger partial charge in [0.05, 0.1) is 25.2 Å². The second kappa shape index (κ2) is 4.41. The average Bonchev–Trinajstić information content (AvgIpc) is 2.31. The largest absolute Gasteiger partial charge is 0.497 e. The van der Waals surface area contributed by atoms with Crippen LogP contribution >= 0.6 is 0 Å². The Morgan fingerprint density at radius 1 is 1.00 bits per heavy atom. The van der Waals surface area contributed by atoms with Crippen LogP contribution in [0.1, 0.15) is 0 Å². The number of aromatic nitrogens is 2. The molecule has 1 N–H and O–H groups in total. The van der Waals surface area contributed by atoms with Crippen LogP contribution in [0.15, 0.2) is 43.0 Å². The highest BCUT2D eigenvalue weighted by atomic mass is 16.5. The minimum absolute atomic E-state index is 0.838. The molecule has 0 bridgehead atoms. The van der Waals surface area contributed by atoms with E-state index in [-0.39, 0.29) is 0 Å². The van der Waals surface area contributed by atoms with Gasteiger partial charge in [-0.1, -0.05) is 0 Å². The van der Waals surface area contributed by atoms with E-state index in [1.807, 2.05) is 24.3 Å². The molecule has 0 radical (unpaired) electrons. The number of methoxy groups -OCH3 is 1. The van der Waals surface area contributed by atoms with E-state index in [1.165, 1.54) is 6.33 Å². The van der Waals surface area contributed by atoms with Gasteiger partial charge in [-0.05, 0) is 24.3 Å². The molecule has 0 fully saturated rings. The molecule has 1 aromatic carbocycles. The van der Waals surface area contributed by atoms with Crippen molar-refractivity contribution in [2.24, 2.45) is 0 Å². The first kappa shape index (κ1) is 9.45. The van der Waals surface area contributed by atoms with Gasteiger partial charge in [-0.3, -0.25) is 0 Å². The topological polar surface area (TPSA) is 47.0 Å². The van der Waals surface area contributed by atoms with Gasteiger partial charge in [0, 0.05) is 5.69 Å². The van der Waals surface area contributed by atoms with Crippen molar-refractivity contribution in [1.82, 2.24) is 9.97 Å². The van der Waals surface area contributed by atoms with Gasteiger partial charge < -0.3 is 10.1 Å². The molecule has 0 amide bonds. The van der Waals surface area contributed by atoms with E-state index >= 15 is 0 Å². The molecule has 0 spiro atoms. The fourth-order valence-corrected chi connectivity index (χ4v) is 1.20. The zero-order valence-corrected chi connectivity index (χ0v) is 8.34. The molecule has 0 aliphatic heterocycles. The maximum Gasteiger partial charge on any atom is 0.119 e. The summed E-state index contributed by atoms with van der Waals surface area (Å²) in [6.45, 7) is 0. The fraction of sp³-hybridized carbons (Fsp3) is 0.0909. The van der Waals surface area contributed by atoms with Crippen LogP contribution in [-0.4, -0.2) is 17.1 Å². The Morgan fingerprint density at radius 3 is 2.27 bits per heavy atom. The fourth-order valence-electron chi connectivity index (χ4n) is 1.20. The van der Waals surface area contributed by atoms with E-state index in [0.717, 1.165) is 17.1 Å². The number of nitrogens with one attached hydrogen (secondary N) is 1. The molecule has 4 nitrogen and oxygen atoms in total. The Balaban J connectivity index is 2.11.